The summed E-state index contributed by atoms with van der Waals surface area (Å²) in [5.41, 5.74) is 0.219. The Morgan fingerprint density at radius 3 is 2.67 bits per heavy atom. The summed E-state index contributed by atoms with van der Waals surface area (Å²) < 4.78 is 4.48. The van der Waals surface area contributed by atoms with Gasteiger partial charge in [-0.1, -0.05) is 0 Å². The van der Waals surface area contributed by atoms with Crippen LogP contribution < -0.4 is 0 Å². The molecule has 0 bridgehead atoms. The van der Waals surface area contributed by atoms with Gasteiger partial charge in [0, 0.05) is 0 Å². The van der Waals surface area contributed by atoms with Crippen LogP contribution in [-0.4, -0.2) is 29.8 Å². The maximum atomic E-state index is 11.3. The number of rotatable bonds is 3. The fraction of sp³-hybridized carbons (Fsp3) is 0.200. The van der Waals surface area contributed by atoms with E-state index in [1.165, 1.54) is 25.3 Å². The van der Waals surface area contributed by atoms with Gasteiger partial charge >= 0.3 is 5.97 Å². The van der Waals surface area contributed by atoms with Crippen LogP contribution in [0.1, 0.15) is 20.7 Å². The van der Waals surface area contributed by atoms with Crippen LogP contribution in [0.2, 0.25) is 0 Å². The Balaban J connectivity index is 3.16. The number of methoxy groups -OCH3 is 1. The van der Waals surface area contributed by atoms with Crippen LogP contribution >= 0.6 is 11.6 Å². The van der Waals surface area contributed by atoms with Gasteiger partial charge in [0.05, 0.1) is 24.1 Å². The fourth-order valence-corrected chi connectivity index (χ4v) is 1.22. The predicted octanol–water partition coefficient (Wildman–Crippen LogP) is 1.60. The van der Waals surface area contributed by atoms with Gasteiger partial charge in [-0.2, -0.15) is 0 Å². The lowest BCUT2D eigenvalue weighted by molar-refractivity contribution is 0.0600. The van der Waals surface area contributed by atoms with Crippen LogP contribution in [0.5, 0.6) is 5.75 Å². The number of carbonyl (C=O) groups is 2. The lowest BCUT2D eigenvalue weighted by atomic mass is 10.1. The molecule has 1 rings (SSSR count). The van der Waals surface area contributed by atoms with E-state index in [1.807, 2.05) is 0 Å². The first-order valence-corrected chi connectivity index (χ1v) is 4.64. The van der Waals surface area contributed by atoms with Crippen molar-refractivity contribution in [3.8, 4) is 5.75 Å². The number of hydrogen-bond donors (Lipinski definition) is 1. The third-order valence-electron chi connectivity index (χ3n) is 1.84. The number of alkyl halides is 1. The molecule has 0 saturated heterocycles. The molecule has 1 N–H and O–H groups in total. The zero-order chi connectivity index (χ0) is 11.4. The molecule has 0 saturated carbocycles. The molecule has 80 valence electrons. The molecule has 1 aromatic rings. The normalized spacial score (nSPS) is 9.73. The molecular formula is C10H9ClO4. The van der Waals surface area contributed by atoms with Gasteiger partial charge in [-0.25, -0.2) is 4.79 Å². The molecule has 0 aromatic heterocycles. The van der Waals surface area contributed by atoms with Crippen LogP contribution in [0.3, 0.4) is 0 Å². The topological polar surface area (TPSA) is 63.6 Å². The molecule has 0 atom stereocenters. The first kappa shape index (κ1) is 11.5. The average Bonchev–Trinajstić information content (AvgIpc) is 2.27. The predicted molar refractivity (Wildman–Crippen MR) is 54.5 cm³/mol. The number of carbonyl (C=O) groups excluding carboxylic acids is 2. The number of ether oxygens (including phenoxy) is 1. The van der Waals surface area contributed by atoms with Crippen molar-refractivity contribution in [1.82, 2.24) is 0 Å². The highest BCUT2D eigenvalue weighted by molar-refractivity contribution is 6.30. The summed E-state index contributed by atoms with van der Waals surface area (Å²) in [6, 6.07) is 3.88. The number of Topliss-reactive ketones (excluding diaryl/α,β-unsaturated/α-hetero) is 1. The summed E-state index contributed by atoms with van der Waals surface area (Å²) in [5.74, 6) is -1.47. The maximum Gasteiger partial charge on any atom is 0.337 e. The largest absolute Gasteiger partial charge is 0.507 e. The zero-order valence-electron chi connectivity index (χ0n) is 7.99. The van der Waals surface area contributed by atoms with Crippen molar-refractivity contribution in [2.24, 2.45) is 0 Å². The molecule has 0 unspecified atom stereocenters. The van der Waals surface area contributed by atoms with E-state index in [9.17, 15) is 14.7 Å². The minimum Gasteiger partial charge on any atom is -0.507 e. The van der Waals surface area contributed by atoms with Crippen molar-refractivity contribution in [1.29, 1.82) is 0 Å². The van der Waals surface area contributed by atoms with Crippen molar-refractivity contribution in [3.63, 3.8) is 0 Å². The second-order valence-electron chi connectivity index (χ2n) is 2.78. The van der Waals surface area contributed by atoms with E-state index in [-0.39, 0.29) is 22.8 Å². The standard InChI is InChI=1S/C10H9ClO4/c1-15-10(14)6-2-3-8(12)7(4-6)9(13)5-11/h2-4,12H,5H2,1H3. The number of esters is 1. The van der Waals surface area contributed by atoms with Gasteiger partial charge in [0.15, 0.2) is 5.78 Å². The lowest BCUT2D eigenvalue weighted by Gasteiger charge is -2.04. The highest BCUT2D eigenvalue weighted by Gasteiger charge is 2.14. The summed E-state index contributed by atoms with van der Waals surface area (Å²) in [5, 5.41) is 9.36. The zero-order valence-corrected chi connectivity index (χ0v) is 8.75. The van der Waals surface area contributed by atoms with Crippen LogP contribution in [0.15, 0.2) is 18.2 Å². The SMILES string of the molecule is COC(=O)c1ccc(O)c(C(=O)CCl)c1. The van der Waals surface area contributed by atoms with Crippen molar-refractivity contribution in [2.45, 2.75) is 0 Å². The number of hydrogen-bond acceptors (Lipinski definition) is 4. The Morgan fingerprint density at radius 1 is 1.47 bits per heavy atom. The van der Waals surface area contributed by atoms with Gasteiger partial charge in [0.2, 0.25) is 0 Å². The first-order valence-electron chi connectivity index (χ1n) is 4.10. The van der Waals surface area contributed by atoms with Gasteiger partial charge in [-0.05, 0) is 18.2 Å². The van der Waals surface area contributed by atoms with Gasteiger partial charge in [0.25, 0.3) is 0 Å². The summed E-state index contributed by atoms with van der Waals surface area (Å²) in [6.45, 7) is 0. The molecule has 0 amide bonds. The molecule has 0 aliphatic rings. The molecule has 0 fully saturated rings. The Hall–Kier alpha value is -1.55. The van der Waals surface area contributed by atoms with E-state index in [0.29, 0.717) is 0 Å². The van der Waals surface area contributed by atoms with Crippen LogP contribution in [-0.2, 0) is 4.74 Å². The summed E-state index contributed by atoms with van der Waals surface area (Å²) in [6.07, 6.45) is 0. The molecule has 0 spiro atoms. The number of ketones is 1. The van der Waals surface area contributed by atoms with E-state index < -0.39 is 11.8 Å². The highest BCUT2D eigenvalue weighted by atomic mass is 35.5. The minimum absolute atomic E-state index is 0.0212. The molecule has 15 heavy (non-hydrogen) atoms. The maximum absolute atomic E-state index is 11.3. The highest BCUT2D eigenvalue weighted by Crippen LogP contribution is 2.19. The quantitative estimate of drug-likeness (QED) is 0.485. The molecule has 0 radical (unpaired) electrons. The number of halogens is 1. The monoisotopic (exact) mass is 228 g/mol. The number of phenols is 1. The van der Waals surface area contributed by atoms with E-state index in [2.05, 4.69) is 4.74 Å². The number of phenolic OH excluding ortho intramolecular Hbond substituents is 1. The molecule has 0 heterocycles. The first-order chi connectivity index (χ1) is 7.10. The Bertz CT molecular complexity index is 400. The van der Waals surface area contributed by atoms with Gasteiger partial charge < -0.3 is 9.84 Å². The van der Waals surface area contributed by atoms with Crippen molar-refractivity contribution < 1.29 is 19.4 Å². The third kappa shape index (κ3) is 2.47. The van der Waals surface area contributed by atoms with Crippen molar-refractivity contribution in [2.75, 3.05) is 13.0 Å². The smallest absolute Gasteiger partial charge is 0.337 e. The number of aromatic hydroxyl groups is 1. The van der Waals surface area contributed by atoms with Gasteiger partial charge in [-0.3, -0.25) is 4.79 Å². The van der Waals surface area contributed by atoms with E-state index >= 15 is 0 Å². The Labute approximate surface area is 91.4 Å². The van der Waals surface area contributed by atoms with Crippen LogP contribution in [0.4, 0.5) is 0 Å². The van der Waals surface area contributed by atoms with Crippen LogP contribution in [0.25, 0.3) is 0 Å². The fourth-order valence-electron chi connectivity index (χ4n) is 1.08. The van der Waals surface area contributed by atoms with E-state index in [1.54, 1.807) is 0 Å². The minimum atomic E-state index is -0.571. The average molecular weight is 229 g/mol. The lowest BCUT2D eigenvalue weighted by Crippen LogP contribution is -2.06. The molecule has 5 heteroatoms. The molecule has 0 aliphatic heterocycles. The van der Waals surface area contributed by atoms with Gasteiger partial charge in [-0.15, -0.1) is 11.6 Å². The molecule has 0 aliphatic carbocycles. The van der Waals surface area contributed by atoms with E-state index in [0.717, 1.165) is 0 Å². The molecule has 4 nitrogen and oxygen atoms in total. The van der Waals surface area contributed by atoms with E-state index in [4.69, 9.17) is 11.6 Å². The molecular weight excluding hydrogens is 220 g/mol. The molecule has 1 aromatic carbocycles. The Morgan fingerprint density at radius 2 is 2.13 bits per heavy atom. The summed E-state index contributed by atoms with van der Waals surface area (Å²) in [7, 11) is 1.23. The van der Waals surface area contributed by atoms with Crippen molar-refractivity contribution >= 4 is 23.4 Å². The summed E-state index contributed by atoms with van der Waals surface area (Å²) >= 11 is 5.35. The second-order valence-corrected chi connectivity index (χ2v) is 3.05. The second kappa shape index (κ2) is 4.79. The van der Waals surface area contributed by atoms with Crippen LogP contribution in [0, 0.1) is 0 Å². The Kier molecular flexibility index (Phi) is 3.68. The van der Waals surface area contributed by atoms with Gasteiger partial charge in [0.1, 0.15) is 5.75 Å². The number of benzene rings is 1. The van der Waals surface area contributed by atoms with Crippen molar-refractivity contribution in [3.05, 3.63) is 29.3 Å². The third-order valence-corrected chi connectivity index (χ3v) is 2.08. The summed E-state index contributed by atoms with van der Waals surface area (Å²) in [4.78, 5) is 22.4.